The summed E-state index contributed by atoms with van der Waals surface area (Å²) in [4.78, 5) is 20.2. The zero-order valence-electron chi connectivity index (χ0n) is 33.2. The second-order valence-electron chi connectivity index (χ2n) is 15.5. The van der Waals surface area contributed by atoms with Gasteiger partial charge in [0.05, 0.1) is 0 Å². The van der Waals surface area contributed by atoms with Gasteiger partial charge in [-0.3, -0.25) is 4.98 Å². The lowest BCUT2D eigenvalue weighted by Crippen LogP contribution is -2.01. The Morgan fingerprint density at radius 1 is 0.258 bits per heavy atom. The molecule has 8 aromatic carbocycles. The van der Waals surface area contributed by atoms with Crippen LogP contribution in [0.3, 0.4) is 0 Å². The van der Waals surface area contributed by atoms with Crippen LogP contribution in [0, 0.1) is 0 Å². The van der Waals surface area contributed by atoms with Gasteiger partial charge in [0.15, 0.2) is 17.5 Å². The number of nitrogens with zero attached hydrogens (tertiary/aromatic N) is 4. The minimum absolute atomic E-state index is 0.602. The van der Waals surface area contributed by atoms with E-state index >= 15 is 0 Å². The van der Waals surface area contributed by atoms with Crippen LogP contribution in [0.15, 0.2) is 207 Å². The maximum Gasteiger partial charge on any atom is 0.164 e. The van der Waals surface area contributed by atoms with E-state index in [9.17, 15) is 0 Å². The Labute approximate surface area is 366 Å². The molecular formula is C56H34N4S2. The second kappa shape index (κ2) is 15.1. The van der Waals surface area contributed by atoms with Crippen LogP contribution in [0.1, 0.15) is 0 Å². The van der Waals surface area contributed by atoms with Gasteiger partial charge in [-0.15, -0.1) is 22.7 Å². The van der Waals surface area contributed by atoms with Crippen LogP contribution in [0.25, 0.3) is 119 Å². The summed E-state index contributed by atoms with van der Waals surface area (Å²) < 4.78 is 5.14. The van der Waals surface area contributed by atoms with Gasteiger partial charge in [-0.2, -0.15) is 0 Å². The van der Waals surface area contributed by atoms with Crippen LogP contribution in [0.2, 0.25) is 0 Å². The van der Waals surface area contributed by atoms with Gasteiger partial charge < -0.3 is 0 Å². The highest BCUT2D eigenvalue weighted by Gasteiger charge is 2.17. The molecule has 0 aliphatic rings. The average molecular weight is 827 g/mol. The first kappa shape index (κ1) is 36.2. The summed E-state index contributed by atoms with van der Waals surface area (Å²) >= 11 is 3.67. The lowest BCUT2D eigenvalue weighted by atomic mass is 9.94. The summed E-state index contributed by atoms with van der Waals surface area (Å²) in [5.41, 5.74) is 11.5. The number of fused-ring (bicyclic) bond motifs is 6. The number of aromatic nitrogens is 4. The first-order valence-corrected chi connectivity index (χ1v) is 22.2. The first-order chi connectivity index (χ1) is 30.7. The predicted molar refractivity (Wildman–Crippen MR) is 261 cm³/mol. The van der Waals surface area contributed by atoms with Crippen molar-refractivity contribution in [3.63, 3.8) is 0 Å². The van der Waals surface area contributed by atoms with Gasteiger partial charge in [-0.1, -0.05) is 121 Å². The topological polar surface area (TPSA) is 51.6 Å². The van der Waals surface area contributed by atoms with Gasteiger partial charge >= 0.3 is 0 Å². The Balaban J connectivity index is 1.08. The zero-order chi connectivity index (χ0) is 41.0. The molecule has 0 amide bonds. The SMILES string of the molecule is c1ccc(-c2cccc(-c3nc(-c4cccc(-c5cccnc5)c4)nc(-c4cc(-c5ccc6sc7ccccc7c6c5)cc(-c5ccc6sc7ccccc7c6c5)c4)n3)c2)cc1. The molecule has 0 bridgehead atoms. The Morgan fingerprint density at radius 2 is 0.677 bits per heavy atom. The third-order valence-corrected chi connectivity index (χ3v) is 13.9. The molecule has 0 spiro atoms. The number of thiophene rings is 2. The van der Waals surface area contributed by atoms with E-state index in [-0.39, 0.29) is 0 Å². The van der Waals surface area contributed by atoms with Crippen molar-refractivity contribution in [3.8, 4) is 78.7 Å². The van der Waals surface area contributed by atoms with Gasteiger partial charge in [0, 0.05) is 75.0 Å². The fourth-order valence-corrected chi connectivity index (χ4v) is 10.7. The molecule has 62 heavy (non-hydrogen) atoms. The number of benzene rings is 8. The van der Waals surface area contributed by atoms with E-state index in [1.54, 1.807) is 6.20 Å². The Bertz CT molecular complexity index is 3410. The average Bonchev–Trinajstić information content (AvgIpc) is 3.92. The predicted octanol–water partition coefficient (Wildman–Crippen LogP) is 15.7. The first-order valence-electron chi connectivity index (χ1n) is 20.6. The van der Waals surface area contributed by atoms with Crippen molar-refractivity contribution < 1.29 is 0 Å². The normalized spacial score (nSPS) is 11.5. The molecule has 0 unspecified atom stereocenters. The maximum atomic E-state index is 5.32. The van der Waals surface area contributed by atoms with Crippen LogP contribution in [0.5, 0.6) is 0 Å². The molecule has 0 radical (unpaired) electrons. The Kier molecular flexibility index (Phi) is 8.84. The van der Waals surface area contributed by atoms with E-state index in [1.165, 1.54) is 40.3 Å². The third-order valence-electron chi connectivity index (χ3n) is 11.6. The molecule has 4 nitrogen and oxygen atoms in total. The highest BCUT2D eigenvalue weighted by molar-refractivity contribution is 7.26. The summed E-state index contributed by atoms with van der Waals surface area (Å²) in [6.45, 7) is 0. The number of hydrogen-bond donors (Lipinski definition) is 0. The standard InChI is InChI=1S/C56H34N4S2/c1-2-11-35(12-3-1)36-13-8-15-40(27-36)54-58-55(41-16-9-14-37(28-41)42-17-10-26-57-34-42)60-56(59-54)45-30-43(38-22-24-52-48(32-38)46-18-4-6-20-50(46)61-52)29-44(31-45)39-23-25-53-49(33-39)47-19-5-7-21-51(47)62-53/h1-34H. The van der Waals surface area contributed by atoms with Crippen LogP contribution in [0.4, 0.5) is 0 Å². The smallest absolute Gasteiger partial charge is 0.164 e. The molecule has 0 aliphatic heterocycles. The lowest BCUT2D eigenvalue weighted by molar-refractivity contribution is 1.07. The molecule has 0 fully saturated rings. The number of hydrogen-bond acceptors (Lipinski definition) is 6. The molecule has 0 saturated heterocycles. The number of pyridine rings is 1. The monoisotopic (exact) mass is 826 g/mol. The summed E-state index contributed by atoms with van der Waals surface area (Å²) in [5.74, 6) is 1.82. The van der Waals surface area contributed by atoms with Gasteiger partial charge in [0.2, 0.25) is 0 Å². The summed E-state index contributed by atoms with van der Waals surface area (Å²) in [7, 11) is 0. The molecule has 0 atom stereocenters. The van der Waals surface area contributed by atoms with Crippen molar-refractivity contribution in [2.45, 2.75) is 0 Å². The fourth-order valence-electron chi connectivity index (χ4n) is 8.50. The van der Waals surface area contributed by atoms with Crippen molar-refractivity contribution in [2.24, 2.45) is 0 Å². The van der Waals surface area contributed by atoms with E-state index < -0.39 is 0 Å². The van der Waals surface area contributed by atoms with Crippen LogP contribution >= 0.6 is 22.7 Å². The molecule has 4 aromatic heterocycles. The molecule has 0 saturated carbocycles. The fraction of sp³-hybridized carbons (Fsp3) is 0. The summed E-state index contributed by atoms with van der Waals surface area (Å²) in [5, 5.41) is 5.08. The molecule has 290 valence electrons. The molecule has 12 rings (SSSR count). The highest BCUT2D eigenvalue weighted by atomic mass is 32.1. The number of rotatable bonds is 7. The Hall–Kier alpha value is -7.64. The summed E-state index contributed by atoms with van der Waals surface area (Å²) in [6, 6.07) is 69.2. The maximum absolute atomic E-state index is 5.32. The molecule has 6 heteroatoms. The van der Waals surface area contributed by atoms with Gasteiger partial charge in [0.25, 0.3) is 0 Å². The van der Waals surface area contributed by atoms with Crippen molar-refractivity contribution >= 4 is 63.0 Å². The molecule has 0 aliphatic carbocycles. The lowest BCUT2D eigenvalue weighted by Gasteiger charge is -2.13. The van der Waals surface area contributed by atoms with Gasteiger partial charge in [-0.25, -0.2) is 15.0 Å². The van der Waals surface area contributed by atoms with Gasteiger partial charge in [-0.05, 0) is 112 Å². The van der Waals surface area contributed by atoms with Crippen LogP contribution < -0.4 is 0 Å². The Morgan fingerprint density at radius 3 is 1.24 bits per heavy atom. The van der Waals surface area contributed by atoms with E-state index in [4.69, 9.17) is 15.0 Å². The second-order valence-corrected chi connectivity index (χ2v) is 17.7. The quantitative estimate of drug-likeness (QED) is 0.161. The minimum Gasteiger partial charge on any atom is -0.264 e. The van der Waals surface area contributed by atoms with Crippen molar-refractivity contribution in [3.05, 3.63) is 207 Å². The third kappa shape index (κ3) is 6.63. The zero-order valence-corrected chi connectivity index (χ0v) is 34.9. The van der Waals surface area contributed by atoms with Crippen molar-refractivity contribution in [1.82, 2.24) is 19.9 Å². The van der Waals surface area contributed by atoms with Crippen molar-refractivity contribution in [2.75, 3.05) is 0 Å². The van der Waals surface area contributed by atoms with E-state index in [1.807, 2.05) is 41.0 Å². The van der Waals surface area contributed by atoms with E-state index in [0.717, 1.165) is 61.2 Å². The molecular weight excluding hydrogens is 793 g/mol. The largest absolute Gasteiger partial charge is 0.264 e. The molecule has 12 aromatic rings. The van der Waals surface area contributed by atoms with Gasteiger partial charge in [0.1, 0.15) is 0 Å². The highest BCUT2D eigenvalue weighted by Crippen LogP contribution is 2.41. The van der Waals surface area contributed by atoms with E-state index in [2.05, 4.69) is 187 Å². The molecule has 0 N–H and O–H groups in total. The minimum atomic E-state index is 0.602. The molecule has 4 heterocycles. The summed E-state index contributed by atoms with van der Waals surface area (Å²) in [6.07, 6.45) is 3.68. The van der Waals surface area contributed by atoms with Crippen LogP contribution in [-0.2, 0) is 0 Å². The van der Waals surface area contributed by atoms with E-state index in [0.29, 0.717) is 17.5 Å². The van der Waals surface area contributed by atoms with Crippen molar-refractivity contribution in [1.29, 1.82) is 0 Å². The van der Waals surface area contributed by atoms with Crippen LogP contribution in [-0.4, -0.2) is 19.9 Å².